The molecule has 0 aliphatic carbocycles. The molecule has 0 atom stereocenters. The van der Waals surface area contributed by atoms with E-state index in [0.717, 1.165) is 0 Å². The van der Waals surface area contributed by atoms with Crippen LogP contribution in [-0.2, 0) is 29.3 Å². The predicted molar refractivity (Wildman–Crippen MR) is 208 cm³/mol. The molecule has 4 rings (SSSR count). The Bertz CT molecular complexity index is 1350. The van der Waals surface area contributed by atoms with Crippen molar-refractivity contribution in [2.75, 3.05) is 0 Å². The maximum atomic E-state index is 8.85. The summed E-state index contributed by atoms with van der Waals surface area (Å²) in [4.78, 5) is 0. The standard InChI is InChI=1S/2C22H27N.2ClH.Pt/c2*1-2-3-4-5-6-7-8-9-19-10-14-21(15-11-19)22-16-12-20(18-23)13-17-22;;;/h2*10-17H,2-9H2,1H3;2*1H;/q;;;;+2/p-2. The molecule has 0 N–H and O–H groups in total. The topological polar surface area (TPSA) is 47.6 Å². The molecule has 0 aliphatic heterocycles. The minimum atomic E-state index is -0.472. The van der Waals surface area contributed by atoms with Gasteiger partial charge in [0.25, 0.3) is 0 Å². The van der Waals surface area contributed by atoms with Crippen molar-refractivity contribution in [1.82, 2.24) is 0 Å². The van der Waals surface area contributed by atoms with Crippen molar-refractivity contribution in [3.8, 4) is 34.4 Å². The Kier molecular flexibility index (Phi) is 24.1. The van der Waals surface area contributed by atoms with Gasteiger partial charge in [0.1, 0.15) is 0 Å². The molecule has 0 bridgehead atoms. The van der Waals surface area contributed by atoms with Crippen molar-refractivity contribution >= 4 is 18.8 Å². The van der Waals surface area contributed by atoms with E-state index in [1.54, 1.807) is 0 Å². The van der Waals surface area contributed by atoms with Gasteiger partial charge in [-0.2, -0.15) is 10.5 Å². The Morgan fingerprint density at radius 2 is 0.653 bits per heavy atom. The number of rotatable bonds is 18. The first kappa shape index (κ1) is 42.3. The van der Waals surface area contributed by atoms with Gasteiger partial charge < -0.3 is 0 Å². The van der Waals surface area contributed by atoms with Crippen molar-refractivity contribution < 1.29 is 16.5 Å². The number of benzene rings is 4. The van der Waals surface area contributed by atoms with Crippen LogP contribution in [0.3, 0.4) is 0 Å². The Morgan fingerprint density at radius 3 is 0.918 bits per heavy atom. The van der Waals surface area contributed by atoms with Gasteiger partial charge in [0.05, 0.1) is 23.3 Å². The van der Waals surface area contributed by atoms with E-state index in [4.69, 9.17) is 29.4 Å². The number of nitriles is 2. The summed E-state index contributed by atoms with van der Waals surface area (Å²) < 4.78 is 0. The summed E-state index contributed by atoms with van der Waals surface area (Å²) in [5.41, 5.74) is 9.06. The quantitative estimate of drug-likeness (QED) is 0.0935. The second kappa shape index (κ2) is 27.9. The average Bonchev–Trinajstić information content (AvgIpc) is 3.15. The molecule has 0 aliphatic rings. The molecule has 0 heterocycles. The molecule has 0 amide bonds. The summed E-state index contributed by atoms with van der Waals surface area (Å²) in [5.74, 6) is 0. The molecular weight excluding hydrogens is 822 g/mol. The second-order valence-corrected chi connectivity index (χ2v) is 15.8. The summed E-state index contributed by atoms with van der Waals surface area (Å²) in [6, 6.07) is 37.6. The molecule has 264 valence electrons. The van der Waals surface area contributed by atoms with Crippen LogP contribution in [0.5, 0.6) is 0 Å². The third-order valence-electron chi connectivity index (χ3n) is 8.74. The first-order valence-corrected chi connectivity index (χ1v) is 23.7. The summed E-state index contributed by atoms with van der Waals surface area (Å²) in [6.07, 6.45) is 21.4. The van der Waals surface area contributed by atoms with Crippen molar-refractivity contribution in [2.45, 2.75) is 117 Å². The Hall–Kier alpha value is -2.87. The van der Waals surface area contributed by atoms with Crippen molar-refractivity contribution in [3.63, 3.8) is 0 Å². The van der Waals surface area contributed by atoms with E-state index in [9.17, 15) is 0 Å². The fourth-order valence-electron chi connectivity index (χ4n) is 5.77. The SMILES string of the molecule is CCCCCCCCCc1ccc(-c2ccc(C#N)cc2)cc1.CCCCCCCCCc1ccc(-c2ccc(C#N)cc2)cc1.[Cl][Pt][Cl]. The minimum absolute atomic E-state index is 0.472. The molecule has 0 spiro atoms. The number of halogens is 2. The molecular formula is C44H54Cl2N2Pt. The van der Waals surface area contributed by atoms with Crippen LogP contribution in [0.4, 0.5) is 0 Å². The van der Waals surface area contributed by atoms with Gasteiger partial charge in [0.15, 0.2) is 0 Å². The van der Waals surface area contributed by atoms with Crippen molar-refractivity contribution in [2.24, 2.45) is 0 Å². The fraction of sp³-hybridized carbons (Fsp3) is 0.409. The zero-order chi connectivity index (χ0) is 35.4. The maximum absolute atomic E-state index is 8.85. The van der Waals surface area contributed by atoms with Gasteiger partial charge in [-0.05, 0) is 83.3 Å². The van der Waals surface area contributed by atoms with Crippen LogP contribution in [0.2, 0.25) is 0 Å². The molecule has 5 heteroatoms. The van der Waals surface area contributed by atoms with E-state index in [1.807, 2.05) is 48.5 Å². The third-order valence-corrected chi connectivity index (χ3v) is 8.74. The third kappa shape index (κ3) is 18.6. The van der Waals surface area contributed by atoms with Crippen LogP contribution in [-0.4, -0.2) is 0 Å². The van der Waals surface area contributed by atoms with E-state index in [-0.39, 0.29) is 0 Å². The van der Waals surface area contributed by atoms with E-state index < -0.39 is 16.5 Å². The molecule has 0 radical (unpaired) electrons. The van der Waals surface area contributed by atoms with Crippen molar-refractivity contribution in [3.05, 3.63) is 119 Å². The van der Waals surface area contributed by atoms with Crippen molar-refractivity contribution in [1.29, 1.82) is 10.5 Å². The first-order valence-electron chi connectivity index (χ1n) is 18.1. The molecule has 4 aromatic rings. The zero-order valence-corrected chi connectivity index (χ0v) is 33.3. The number of unbranched alkanes of at least 4 members (excludes halogenated alkanes) is 12. The number of hydrogen-bond acceptors (Lipinski definition) is 2. The van der Waals surface area contributed by atoms with Crippen LogP contribution in [0.15, 0.2) is 97.1 Å². The Morgan fingerprint density at radius 1 is 0.408 bits per heavy atom. The van der Waals surface area contributed by atoms with Crippen LogP contribution in [0.25, 0.3) is 22.3 Å². The van der Waals surface area contributed by atoms with Crippen LogP contribution < -0.4 is 0 Å². The monoisotopic (exact) mass is 875 g/mol. The molecule has 0 unspecified atom stereocenters. The Labute approximate surface area is 314 Å². The summed E-state index contributed by atoms with van der Waals surface area (Å²) in [7, 11) is 9.75. The van der Waals surface area contributed by atoms with Gasteiger partial charge in [-0.1, -0.05) is 164 Å². The van der Waals surface area contributed by atoms with Gasteiger partial charge in [0.2, 0.25) is 0 Å². The molecule has 0 saturated carbocycles. The first-order chi connectivity index (χ1) is 24.1. The summed E-state index contributed by atoms with van der Waals surface area (Å²) in [6.45, 7) is 4.53. The number of aryl methyl sites for hydroxylation is 2. The van der Waals surface area contributed by atoms with Gasteiger partial charge in [0, 0.05) is 0 Å². The normalized spacial score (nSPS) is 10.2. The fourth-order valence-corrected chi connectivity index (χ4v) is 5.77. The van der Waals surface area contributed by atoms with Crippen LogP contribution in [0.1, 0.15) is 126 Å². The number of nitrogens with zero attached hydrogens (tertiary/aromatic N) is 2. The zero-order valence-electron chi connectivity index (χ0n) is 29.5. The molecule has 0 saturated heterocycles. The van der Waals surface area contributed by atoms with E-state index in [1.165, 1.54) is 136 Å². The Balaban J connectivity index is 0.000000315. The molecule has 49 heavy (non-hydrogen) atoms. The number of hydrogen-bond donors (Lipinski definition) is 0. The van der Waals surface area contributed by atoms with Crippen LogP contribution in [0, 0.1) is 22.7 Å². The summed E-state index contributed by atoms with van der Waals surface area (Å²) >= 11 is -0.472. The average molecular weight is 877 g/mol. The van der Waals surface area contributed by atoms with Gasteiger partial charge in [-0.3, -0.25) is 0 Å². The van der Waals surface area contributed by atoms with Gasteiger partial charge >= 0.3 is 35.3 Å². The molecule has 0 fully saturated rings. The van der Waals surface area contributed by atoms with Gasteiger partial charge in [-0.15, -0.1) is 0 Å². The molecule has 4 aromatic carbocycles. The molecule has 0 aromatic heterocycles. The molecule has 2 nitrogen and oxygen atoms in total. The van der Waals surface area contributed by atoms with Gasteiger partial charge in [-0.25, -0.2) is 0 Å². The van der Waals surface area contributed by atoms with E-state index in [2.05, 4.69) is 74.5 Å². The second-order valence-electron chi connectivity index (χ2n) is 12.6. The van der Waals surface area contributed by atoms with E-state index in [0.29, 0.717) is 11.1 Å². The summed E-state index contributed by atoms with van der Waals surface area (Å²) in [5, 5.41) is 17.7. The van der Waals surface area contributed by atoms with E-state index >= 15 is 0 Å². The predicted octanol–water partition coefficient (Wildman–Crippen LogP) is 14.4. The van der Waals surface area contributed by atoms with Crippen LogP contribution >= 0.6 is 18.8 Å².